The maximum Gasteiger partial charge on any atom is 0.249 e. The Kier molecular flexibility index (Phi) is 5.17. The topological polar surface area (TPSA) is 75.4 Å². The second kappa shape index (κ2) is 7.61. The average molecular weight is 382 g/mol. The molecule has 5 nitrogen and oxygen atoms in total. The van der Waals surface area contributed by atoms with Crippen molar-refractivity contribution in [2.24, 2.45) is 11.7 Å². The lowest BCUT2D eigenvalue weighted by Crippen LogP contribution is -2.48. The molecule has 150 valence electrons. The van der Waals surface area contributed by atoms with Gasteiger partial charge in [-0.05, 0) is 67.7 Å². The average Bonchev–Trinajstić information content (AvgIpc) is 3.05. The van der Waals surface area contributed by atoms with Crippen LogP contribution >= 0.6 is 0 Å². The molecule has 2 unspecified atom stereocenters. The fourth-order valence-electron chi connectivity index (χ4n) is 5.20. The van der Waals surface area contributed by atoms with E-state index in [1.807, 2.05) is 13.0 Å². The van der Waals surface area contributed by atoms with E-state index < -0.39 is 0 Å². The highest BCUT2D eigenvalue weighted by atomic mass is 16.2. The molecular formula is C23H31N3O2. The zero-order valence-corrected chi connectivity index (χ0v) is 17.0. The molecule has 2 aliphatic carbocycles. The van der Waals surface area contributed by atoms with Crippen LogP contribution in [0, 0.1) is 5.92 Å². The first-order valence-electron chi connectivity index (χ1n) is 10.7. The first kappa shape index (κ1) is 19.0. The van der Waals surface area contributed by atoms with Crippen LogP contribution in [0.25, 0.3) is 5.57 Å². The van der Waals surface area contributed by atoms with Gasteiger partial charge in [0.1, 0.15) is 0 Å². The summed E-state index contributed by atoms with van der Waals surface area (Å²) in [6.07, 6.45) is 6.88. The number of hydrogen-bond donors (Lipinski definition) is 2. The van der Waals surface area contributed by atoms with Crippen LogP contribution in [0.1, 0.15) is 73.9 Å². The fourth-order valence-corrected chi connectivity index (χ4v) is 5.20. The molecule has 3 N–H and O–H groups in total. The van der Waals surface area contributed by atoms with Crippen molar-refractivity contribution in [3.05, 3.63) is 34.4 Å². The number of piperidine rings is 1. The summed E-state index contributed by atoms with van der Waals surface area (Å²) < 4.78 is 0. The summed E-state index contributed by atoms with van der Waals surface area (Å²) in [5, 5.41) is 3.16. The zero-order chi connectivity index (χ0) is 19.8. The minimum atomic E-state index is -0.331. The van der Waals surface area contributed by atoms with Crippen LogP contribution in [-0.2, 0) is 11.2 Å². The van der Waals surface area contributed by atoms with Crippen molar-refractivity contribution < 1.29 is 9.59 Å². The van der Waals surface area contributed by atoms with E-state index in [1.165, 1.54) is 28.8 Å². The third-order valence-electron chi connectivity index (χ3n) is 6.61. The molecule has 1 aromatic carbocycles. The van der Waals surface area contributed by atoms with Gasteiger partial charge in [0.05, 0.1) is 0 Å². The Bertz CT molecular complexity index is 842. The van der Waals surface area contributed by atoms with Crippen molar-refractivity contribution in [1.82, 2.24) is 5.32 Å². The summed E-state index contributed by atoms with van der Waals surface area (Å²) in [5.74, 6) is 0.493. The van der Waals surface area contributed by atoms with Crippen LogP contribution in [0.4, 0.5) is 5.69 Å². The summed E-state index contributed by atoms with van der Waals surface area (Å²) in [6.45, 7) is 6.02. The highest BCUT2D eigenvalue weighted by molar-refractivity contribution is 5.99. The highest BCUT2D eigenvalue weighted by Crippen LogP contribution is 2.48. The maximum absolute atomic E-state index is 12.1. The number of benzene rings is 1. The van der Waals surface area contributed by atoms with Gasteiger partial charge in [-0.1, -0.05) is 19.4 Å². The highest BCUT2D eigenvalue weighted by Gasteiger charge is 2.33. The van der Waals surface area contributed by atoms with E-state index in [4.69, 9.17) is 5.73 Å². The standard InChI is InChI=1S/C23H31N3O2/c1-3-21(27)25-16-5-4-10-26(13-16)20-9-8-18(23(24)28)19-12-15-11-14(2)6-7-17(15)22(19)20/h8-9,14,16H,3-7,10-13H2,1-2H3,(H2,24,28)(H,25,27). The Hall–Kier alpha value is -2.30. The molecule has 4 rings (SSSR count). The van der Waals surface area contributed by atoms with E-state index in [-0.39, 0.29) is 17.9 Å². The second-order valence-electron chi connectivity index (χ2n) is 8.66. The van der Waals surface area contributed by atoms with Gasteiger partial charge in [-0.2, -0.15) is 0 Å². The van der Waals surface area contributed by atoms with Crippen LogP contribution in [0.2, 0.25) is 0 Å². The molecule has 0 radical (unpaired) electrons. The molecule has 5 heteroatoms. The molecule has 3 aliphatic rings. The van der Waals surface area contributed by atoms with Crippen molar-refractivity contribution in [3.63, 3.8) is 0 Å². The van der Waals surface area contributed by atoms with Gasteiger partial charge in [0.25, 0.3) is 0 Å². The smallest absolute Gasteiger partial charge is 0.249 e. The van der Waals surface area contributed by atoms with Gasteiger partial charge in [0.15, 0.2) is 0 Å². The minimum Gasteiger partial charge on any atom is -0.369 e. The summed E-state index contributed by atoms with van der Waals surface area (Å²) >= 11 is 0. The molecule has 1 heterocycles. The lowest BCUT2D eigenvalue weighted by Gasteiger charge is -2.36. The molecule has 1 aliphatic heterocycles. The number of nitrogens with one attached hydrogen (secondary N) is 1. The summed E-state index contributed by atoms with van der Waals surface area (Å²) in [5.41, 5.74) is 12.9. The SMILES string of the molecule is CCC(=O)NC1CCCN(c2ccc(C(N)=O)c3c2C2=C(C3)CC(C)CC2)C1. The Morgan fingerprint density at radius 1 is 1.29 bits per heavy atom. The van der Waals surface area contributed by atoms with E-state index in [9.17, 15) is 9.59 Å². The number of carbonyl (C=O) groups excluding carboxylic acids is 2. The predicted molar refractivity (Wildman–Crippen MR) is 112 cm³/mol. The number of anilines is 1. The number of rotatable bonds is 4. The van der Waals surface area contributed by atoms with Gasteiger partial charge < -0.3 is 16.0 Å². The second-order valence-corrected chi connectivity index (χ2v) is 8.66. The number of amides is 2. The number of primary amides is 1. The first-order valence-corrected chi connectivity index (χ1v) is 10.7. The summed E-state index contributed by atoms with van der Waals surface area (Å²) in [7, 11) is 0. The van der Waals surface area contributed by atoms with Gasteiger partial charge in [-0.15, -0.1) is 0 Å². The Morgan fingerprint density at radius 2 is 2.11 bits per heavy atom. The third-order valence-corrected chi connectivity index (χ3v) is 6.61. The van der Waals surface area contributed by atoms with E-state index in [0.717, 1.165) is 50.8 Å². The van der Waals surface area contributed by atoms with Gasteiger partial charge >= 0.3 is 0 Å². The monoisotopic (exact) mass is 381 g/mol. The first-order chi connectivity index (χ1) is 13.5. The molecule has 28 heavy (non-hydrogen) atoms. The van der Waals surface area contributed by atoms with Gasteiger partial charge in [0.2, 0.25) is 11.8 Å². The number of fused-ring (bicyclic) bond motifs is 2. The quantitative estimate of drug-likeness (QED) is 0.839. The normalized spacial score (nSPS) is 24.0. The number of hydrogen-bond acceptors (Lipinski definition) is 3. The minimum absolute atomic E-state index is 0.118. The third kappa shape index (κ3) is 3.43. The fraction of sp³-hybridized carbons (Fsp3) is 0.565. The van der Waals surface area contributed by atoms with Crippen molar-refractivity contribution in [3.8, 4) is 0 Å². The zero-order valence-electron chi connectivity index (χ0n) is 17.0. The summed E-state index contributed by atoms with van der Waals surface area (Å²) in [6, 6.07) is 4.18. The van der Waals surface area contributed by atoms with Crippen molar-refractivity contribution >= 4 is 23.1 Å². The van der Waals surface area contributed by atoms with E-state index in [1.54, 1.807) is 0 Å². The van der Waals surface area contributed by atoms with Gasteiger partial charge in [-0.3, -0.25) is 9.59 Å². The van der Waals surface area contributed by atoms with Crippen molar-refractivity contribution in [2.45, 2.75) is 64.8 Å². The Morgan fingerprint density at radius 3 is 2.86 bits per heavy atom. The van der Waals surface area contributed by atoms with Gasteiger partial charge in [-0.25, -0.2) is 0 Å². The van der Waals surface area contributed by atoms with E-state index in [0.29, 0.717) is 17.9 Å². The molecule has 0 bridgehead atoms. The number of nitrogens with two attached hydrogens (primary N) is 1. The molecule has 1 aromatic rings. The van der Waals surface area contributed by atoms with Crippen LogP contribution in [0.3, 0.4) is 0 Å². The van der Waals surface area contributed by atoms with Crippen LogP contribution < -0.4 is 16.0 Å². The number of nitrogens with zero attached hydrogens (tertiary/aromatic N) is 1. The van der Waals surface area contributed by atoms with Crippen molar-refractivity contribution in [2.75, 3.05) is 18.0 Å². The van der Waals surface area contributed by atoms with E-state index >= 15 is 0 Å². The lowest BCUT2D eigenvalue weighted by molar-refractivity contribution is -0.121. The van der Waals surface area contributed by atoms with E-state index in [2.05, 4.69) is 23.2 Å². The number of allylic oxidation sites excluding steroid dienone is 2. The largest absolute Gasteiger partial charge is 0.369 e. The van der Waals surface area contributed by atoms with Crippen LogP contribution in [-0.4, -0.2) is 30.9 Å². The molecule has 1 fully saturated rings. The molecule has 0 aromatic heterocycles. The number of carbonyl (C=O) groups is 2. The predicted octanol–water partition coefficient (Wildman–Crippen LogP) is 3.41. The van der Waals surface area contributed by atoms with Gasteiger partial charge in [0, 0.05) is 42.4 Å². The molecule has 0 saturated carbocycles. The molecule has 2 amide bonds. The molecule has 1 saturated heterocycles. The van der Waals surface area contributed by atoms with Crippen LogP contribution in [0.15, 0.2) is 17.7 Å². The summed E-state index contributed by atoms with van der Waals surface area (Å²) in [4.78, 5) is 26.3. The molecule has 0 spiro atoms. The Balaban J connectivity index is 1.70. The Labute approximate surface area is 167 Å². The lowest BCUT2D eigenvalue weighted by atomic mass is 9.84. The van der Waals surface area contributed by atoms with Crippen LogP contribution in [0.5, 0.6) is 0 Å². The van der Waals surface area contributed by atoms with Crippen molar-refractivity contribution in [1.29, 1.82) is 0 Å². The molecular weight excluding hydrogens is 350 g/mol. The molecule has 2 atom stereocenters. The maximum atomic E-state index is 12.1.